The Morgan fingerprint density at radius 1 is 1.24 bits per heavy atom. The van der Waals surface area contributed by atoms with E-state index in [9.17, 15) is 0 Å². The molecule has 0 bridgehead atoms. The second kappa shape index (κ2) is 7.27. The first-order valence-electron chi connectivity index (χ1n) is 7.60. The molecule has 0 atom stereocenters. The van der Waals surface area contributed by atoms with Gasteiger partial charge in [-0.25, -0.2) is 0 Å². The lowest BCUT2D eigenvalue weighted by Gasteiger charge is -2.28. The van der Waals surface area contributed by atoms with E-state index in [-0.39, 0.29) is 0 Å². The summed E-state index contributed by atoms with van der Waals surface area (Å²) in [6.07, 6.45) is 0. The molecule has 0 saturated carbocycles. The Balaban J connectivity index is 2.23. The predicted octanol–water partition coefficient (Wildman–Crippen LogP) is 3.23. The monoisotopic (exact) mass is 412 g/mol. The molecule has 1 aliphatic heterocycles. The molecule has 0 amide bonds. The number of piperazine rings is 1. The third-order valence-electron chi connectivity index (χ3n) is 3.64. The summed E-state index contributed by atoms with van der Waals surface area (Å²) in [4.78, 5) is 2.53. The van der Waals surface area contributed by atoms with Crippen LogP contribution in [0.2, 0.25) is 19.6 Å². The van der Waals surface area contributed by atoms with E-state index in [0.717, 1.165) is 32.7 Å². The van der Waals surface area contributed by atoms with Crippen LogP contribution in [0.25, 0.3) is 0 Å². The van der Waals surface area contributed by atoms with E-state index in [2.05, 4.69) is 83.0 Å². The fourth-order valence-electron chi connectivity index (χ4n) is 2.34. The van der Waals surface area contributed by atoms with Crippen LogP contribution in [0.5, 0.6) is 0 Å². The Morgan fingerprint density at radius 3 is 2.52 bits per heavy atom. The molecular formula is C17H25IN2Si. The largest absolute Gasteiger partial charge is 0.314 e. The van der Waals surface area contributed by atoms with Gasteiger partial charge in [-0.05, 0) is 52.8 Å². The smallest absolute Gasteiger partial charge is 0.129 e. The zero-order valence-corrected chi connectivity index (χ0v) is 16.7. The van der Waals surface area contributed by atoms with Crippen molar-refractivity contribution in [3.05, 3.63) is 32.4 Å². The molecular weight excluding hydrogens is 387 g/mol. The van der Waals surface area contributed by atoms with Gasteiger partial charge in [-0.2, -0.15) is 0 Å². The summed E-state index contributed by atoms with van der Waals surface area (Å²) in [6.45, 7) is 14.6. The first kappa shape index (κ1) is 17.0. The van der Waals surface area contributed by atoms with Gasteiger partial charge in [0, 0.05) is 41.9 Å². The van der Waals surface area contributed by atoms with Crippen LogP contribution in [0.3, 0.4) is 0 Å². The zero-order valence-electron chi connectivity index (χ0n) is 13.5. The van der Waals surface area contributed by atoms with E-state index < -0.39 is 8.07 Å². The van der Waals surface area contributed by atoms with Gasteiger partial charge in [0.2, 0.25) is 0 Å². The summed E-state index contributed by atoms with van der Waals surface area (Å²) >= 11 is 2.44. The Kier molecular flexibility index (Phi) is 5.89. The average Bonchev–Trinajstić information content (AvgIpc) is 2.42. The van der Waals surface area contributed by atoms with Gasteiger partial charge in [0.15, 0.2) is 0 Å². The molecule has 1 saturated heterocycles. The van der Waals surface area contributed by atoms with E-state index >= 15 is 0 Å². The Morgan fingerprint density at radius 2 is 1.90 bits per heavy atom. The molecule has 1 aromatic rings. The van der Waals surface area contributed by atoms with Crippen LogP contribution >= 0.6 is 22.6 Å². The lowest BCUT2D eigenvalue weighted by molar-refractivity contribution is 0.233. The number of benzene rings is 1. The highest BCUT2D eigenvalue weighted by atomic mass is 127. The van der Waals surface area contributed by atoms with Crippen molar-refractivity contribution in [3.63, 3.8) is 0 Å². The molecule has 2 rings (SSSR count). The van der Waals surface area contributed by atoms with E-state index in [1.165, 1.54) is 20.3 Å². The van der Waals surface area contributed by atoms with E-state index in [0.29, 0.717) is 0 Å². The quantitative estimate of drug-likeness (QED) is 0.456. The van der Waals surface area contributed by atoms with Crippen molar-refractivity contribution in [1.29, 1.82) is 0 Å². The molecule has 0 aliphatic carbocycles. The molecule has 0 radical (unpaired) electrons. The van der Waals surface area contributed by atoms with Gasteiger partial charge in [0.1, 0.15) is 8.07 Å². The highest BCUT2D eigenvalue weighted by Gasteiger charge is 2.13. The van der Waals surface area contributed by atoms with Crippen molar-refractivity contribution in [2.45, 2.75) is 33.1 Å². The molecule has 21 heavy (non-hydrogen) atoms. The summed E-state index contributed by atoms with van der Waals surface area (Å²) in [5, 5.41) is 3.41. The van der Waals surface area contributed by atoms with E-state index in [4.69, 9.17) is 0 Å². The fourth-order valence-corrected chi connectivity index (χ4v) is 3.54. The maximum Gasteiger partial charge on any atom is 0.129 e. The minimum Gasteiger partial charge on any atom is -0.314 e. The third kappa shape index (κ3) is 5.40. The molecule has 1 heterocycles. The lowest BCUT2D eigenvalue weighted by atomic mass is 10.0. The summed E-state index contributed by atoms with van der Waals surface area (Å²) < 4.78 is 1.33. The number of hydrogen-bond donors (Lipinski definition) is 1. The van der Waals surface area contributed by atoms with Crippen LogP contribution in [-0.4, -0.2) is 39.2 Å². The van der Waals surface area contributed by atoms with Crippen LogP contribution in [0.1, 0.15) is 16.7 Å². The number of rotatable bonds is 2. The number of halogens is 1. The molecule has 0 spiro atoms. The zero-order chi connectivity index (χ0) is 15.5. The standard InChI is InChI=1S/C17H25IN2Si/c1-14-16(13-20-8-6-19-7-9-20)11-15(12-17(14)18)5-10-21(2,3)4/h11-12,19H,6-9,13H2,1-4H3. The first-order chi connectivity index (χ1) is 9.85. The summed E-state index contributed by atoms with van der Waals surface area (Å²) in [6, 6.07) is 4.52. The summed E-state index contributed by atoms with van der Waals surface area (Å²) in [5.74, 6) is 3.41. The number of nitrogens with zero attached hydrogens (tertiary/aromatic N) is 1. The van der Waals surface area contributed by atoms with Crippen molar-refractivity contribution in [1.82, 2.24) is 10.2 Å². The Labute approximate surface area is 143 Å². The molecule has 114 valence electrons. The summed E-state index contributed by atoms with van der Waals surface area (Å²) in [7, 11) is -1.31. The van der Waals surface area contributed by atoms with Gasteiger partial charge >= 0.3 is 0 Å². The van der Waals surface area contributed by atoms with Crippen LogP contribution < -0.4 is 5.32 Å². The first-order valence-corrected chi connectivity index (χ1v) is 12.2. The normalized spacial score (nSPS) is 16.4. The maximum absolute atomic E-state index is 3.48. The average molecular weight is 412 g/mol. The van der Waals surface area contributed by atoms with Crippen LogP contribution in [0.15, 0.2) is 12.1 Å². The second-order valence-corrected chi connectivity index (χ2v) is 12.7. The van der Waals surface area contributed by atoms with Gasteiger partial charge in [0.05, 0.1) is 0 Å². The molecule has 1 N–H and O–H groups in total. The maximum atomic E-state index is 3.48. The molecule has 0 aromatic heterocycles. The molecule has 1 fully saturated rings. The van der Waals surface area contributed by atoms with Crippen molar-refractivity contribution < 1.29 is 0 Å². The Hall–Kier alpha value is -0.353. The number of nitrogens with one attached hydrogen (secondary N) is 1. The highest BCUT2D eigenvalue weighted by Crippen LogP contribution is 2.20. The van der Waals surface area contributed by atoms with Crippen molar-refractivity contribution in [2.75, 3.05) is 26.2 Å². The van der Waals surface area contributed by atoms with Crippen LogP contribution in [0.4, 0.5) is 0 Å². The lowest BCUT2D eigenvalue weighted by Crippen LogP contribution is -2.43. The van der Waals surface area contributed by atoms with Crippen LogP contribution in [0, 0.1) is 22.0 Å². The number of hydrogen-bond acceptors (Lipinski definition) is 2. The van der Waals surface area contributed by atoms with E-state index in [1.54, 1.807) is 0 Å². The Bertz CT molecular complexity index is 561. The second-order valence-electron chi connectivity index (χ2n) is 6.77. The molecule has 0 unspecified atom stereocenters. The minimum atomic E-state index is -1.31. The van der Waals surface area contributed by atoms with Gasteiger partial charge in [0.25, 0.3) is 0 Å². The van der Waals surface area contributed by atoms with Crippen molar-refractivity contribution in [3.8, 4) is 11.5 Å². The van der Waals surface area contributed by atoms with Crippen LogP contribution in [-0.2, 0) is 6.54 Å². The topological polar surface area (TPSA) is 15.3 Å². The van der Waals surface area contributed by atoms with Crippen molar-refractivity contribution >= 4 is 30.7 Å². The summed E-state index contributed by atoms with van der Waals surface area (Å²) in [5.41, 5.74) is 7.50. The van der Waals surface area contributed by atoms with Gasteiger partial charge in [-0.3, -0.25) is 4.90 Å². The van der Waals surface area contributed by atoms with Crippen molar-refractivity contribution in [2.24, 2.45) is 0 Å². The molecule has 2 nitrogen and oxygen atoms in total. The predicted molar refractivity (Wildman–Crippen MR) is 102 cm³/mol. The fraction of sp³-hybridized carbons (Fsp3) is 0.529. The minimum absolute atomic E-state index is 1.05. The van der Waals surface area contributed by atoms with E-state index in [1.807, 2.05) is 0 Å². The SMILES string of the molecule is Cc1c(I)cc(C#C[Si](C)(C)C)cc1CN1CCNCC1. The third-order valence-corrected chi connectivity index (χ3v) is 5.63. The van der Waals surface area contributed by atoms with Gasteiger partial charge < -0.3 is 5.32 Å². The molecule has 1 aromatic carbocycles. The van der Waals surface area contributed by atoms with Gasteiger partial charge in [-0.15, -0.1) is 5.54 Å². The van der Waals surface area contributed by atoms with Gasteiger partial charge in [-0.1, -0.05) is 25.6 Å². The molecule has 4 heteroatoms. The highest BCUT2D eigenvalue weighted by molar-refractivity contribution is 14.1. The molecule has 1 aliphatic rings.